The van der Waals surface area contributed by atoms with E-state index >= 15 is 0 Å². The Morgan fingerprint density at radius 3 is 2.14 bits per heavy atom. The van der Waals surface area contributed by atoms with Crippen molar-refractivity contribution in [2.45, 2.75) is 31.3 Å². The molecule has 7 heteroatoms. The zero-order valence-electron chi connectivity index (χ0n) is 16.3. The summed E-state index contributed by atoms with van der Waals surface area (Å²) in [4.78, 5) is 39.2. The van der Waals surface area contributed by atoms with Crippen LogP contribution in [0.15, 0.2) is 60.7 Å². The summed E-state index contributed by atoms with van der Waals surface area (Å²) in [6, 6.07) is 17.2. The predicted octanol–water partition coefficient (Wildman–Crippen LogP) is 2.15. The van der Waals surface area contributed by atoms with Gasteiger partial charge in [0.1, 0.15) is 6.04 Å². The van der Waals surface area contributed by atoms with Crippen molar-refractivity contribution in [2.24, 2.45) is 5.73 Å². The Morgan fingerprint density at radius 2 is 1.62 bits per heavy atom. The molecule has 1 atom stereocenters. The van der Waals surface area contributed by atoms with Gasteiger partial charge in [-0.25, -0.2) is 4.79 Å². The predicted molar refractivity (Wildman–Crippen MR) is 108 cm³/mol. The zero-order valence-corrected chi connectivity index (χ0v) is 16.3. The van der Waals surface area contributed by atoms with Gasteiger partial charge < -0.3 is 15.4 Å². The van der Waals surface area contributed by atoms with E-state index in [2.05, 4.69) is 5.32 Å². The summed E-state index contributed by atoms with van der Waals surface area (Å²) in [7, 11) is 0. The Balaban J connectivity index is 1.92. The average molecular weight is 395 g/mol. The Hall–Kier alpha value is -3.19. The molecule has 1 aliphatic rings. The molecular formula is C22H25N3O4. The molecule has 1 fully saturated rings. The molecule has 3 N–H and O–H groups in total. The second kappa shape index (κ2) is 8.87. The molecule has 0 radical (unpaired) electrons. The molecule has 2 aromatic carbocycles. The molecule has 0 aliphatic carbocycles. The van der Waals surface area contributed by atoms with E-state index in [0.717, 1.165) is 0 Å². The highest BCUT2D eigenvalue weighted by molar-refractivity contribution is 6.09. The van der Waals surface area contributed by atoms with E-state index in [1.807, 2.05) is 60.7 Å². The van der Waals surface area contributed by atoms with Gasteiger partial charge in [-0.1, -0.05) is 60.7 Å². The average Bonchev–Trinajstić information content (AvgIpc) is 2.99. The molecule has 152 valence electrons. The molecular weight excluding hydrogens is 370 g/mol. The maximum atomic E-state index is 13.1. The van der Waals surface area contributed by atoms with Crippen LogP contribution in [0.5, 0.6) is 0 Å². The van der Waals surface area contributed by atoms with Gasteiger partial charge >= 0.3 is 12.0 Å². The number of nitrogens with one attached hydrogen (secondary N) is 1. The van der Waals surface area contributed by atoms with Crippen molar-refractivity contribution in [1.82, 2.24) is 10.2 Å². The van der Waals surface area contributed by atoms with Gasteiger partial charge in [-0.3, -0.25) is 14.9 Å². The minimum Gasteiger partial charge on any atom is -0.465 e. The number of hydrogen-bond donors (Lipinski definition) is 2. The Morgan fingerprint density at radius 1 is 1.07 bits per heavy atom. The second-order valence-electron chi connectivity index (χ2n) is 6.85. The third kappa shape index (κ3) is 3.86. The van der Waals surface area contributed by atoms with Crippen LogP contribution in [0, 0.1) is 0 Å². The SMILES string of the molecule is CCOC(=O)C(N)CCCN1C(=O)NC(=O)C1(c1ccccc1)c1ccccc1. The standard InChI is InChI=1S/C22H25N3O4/c1-2-29-19(26)18(23)14-9-15-25-21(28)24-20(27)22(25,16-10-5-3-6-11-16)17-12-7-4-8-13-17/h3-8,10-13,18H,2,9,14-15,23H2,1H3,(H,24,27,28). The smallest absolute Gasteiger partial charge is 0.325 e. The fraction of sp³-hybridized carbons (Fsp3) is 0.318. The number of nitrogens with two attached hydrogens (primary N) is 1. The fourth-order valence-electron chi connectivity index (χ4n) is 3.73. The first-order valence-electron chi connectivity index (χ1n) is 9.68. The lowest BCUT2D eigenvalue weighted by molar-refractivity contribution is -0.144. The first-order chi connectivity index (χ1) is 14.0. The van der Waals surface area contributed by atoms with E-state index in [9.17, 15) is 14.4 Å². The molecule has 0 bridgehead atoms. The molecule has 1 saturated heterocycles. The number of nitrogens with zero attached hydrogens (tertiary/aromatic N) is 1. The Labute approximate surface area is 169 Å². The van der Waals surface area contributed by atoms with Crippen LogP contribution in [0.2, 0.25) is 0 Å². The fourth-order valence-corrected chi connectivity index (χ4v) is 3.73. The molecule has 7 nitrogen and oxygen atoms in total. The monoisotopic (exact) mass is 395 g/mol. The quantitative estimate of drug-likeness (QED) is 0.527. The van der Waals surface area contributed by atoms with E-state index in [4.69, 9.17) is 10.5 Å². The lowest BCUT2D eigenvalue weighted by Crippen LogP contribution is -2.48. The summed E-state index contributed by atoms with van der Waals surface area (Å²) >= 11 is 0. The second-order valence-corrected chi connectivity index (χ2v) is 6.85. The summed E-state index contributed by atoms with van der Waals surface area (Å²) in [5.41, 5.74) is 6.01. The van der Waals surface area contributed by atoms with Gasteiger partial charge in [-0.15, -0.1) is 0 Å². The highest BCUT2D eigenvalue weighted by atomic mass is 16.5. The van der Waals surface area contributed by atoms with Gasteiger partial charge in [-0.2, -0.15) is 0 Å². The summed E-state index contributed by atoms with van der Waals surface area (Å²) in [6.45, 7) is 2.24. The van der Waals surface area contributed by atoms with Crippen LogP contribution in [0.1, 0.15) is 30.9 Å². The highest BCUT2D eigenvalue weighted by Gasteiger charge is 2.55. The summed E-state index contributed by atoms with van der Waals surface area (Å²) in [5, 5.41) is 2.46. The number of urea groups is 1. The van der Waals surface area contributed by atoms with Gasteiger partial charge in [0, 0.05) is 6.54 Å². The van der Waals surface area contributed by atoms with Crippen molar-refractivity contribution < 1.29 is 19.1 Å². The molecule has 1 aliphatic heterocycles. The molecule has 0 spiro atoms. The van der Waals surface area contributed by atoms with Crippen molar-refractivity contribution in [1.29, 1.82) is 0 Å². The zero-order chi connectivity index (χ0) is 20.9. The van der Waals surface area contributed by atoms with Crippen LogP contribution in [-0.4, -0.2) is 42.0 Å². The van der Waals surface area contributed by atoms with Crippen LogP contribution in [0.3, 0.4) is 0 Å². The number of carbonyl (C=O) groups is 3. The Kier molecular flexibility index (Phi) is 6.29. The van der Waals surface area contributed by atoms with E-state index in [0.29, 0.717) is 24.0 Å². The normalized spacial score (nSPS) is 16.4. The third-order valence-electron chi connectivity index (χ3n) is 5.07. The van der Waals surface area contributed by atoms with E-state index in [1.54, 1.807) is 6.92 Å². The van der Waals surface area contributed by atoms with Crippen molar-refractivity contribution >= 4 is 17.9 Å². The lowest BCUT2D eigenvalue weighted by Gasteiger charge is -2.36. The van der Waals surface area contributed by atoms with Crippen molar-refractivity contribution in [2.75, 3.05) is 13.2 Å². The molecule has 0 aromatic heterocycles. The van der Waals surface area contributed by atoms with Gasteiger partial charge in [0.05, 0.1) is 6.61 Å². The summed E-state index contributed by atoms with van der Waals surface area (Å²) in [6.07, 6.45) is 0.790. The number of hydrogen-bond acceptors (Lipinski definition) is 5. The molecule has 29 heavy (non-hydrogen) atoms. The van der Waals surface area contributed by atoms with Crippen LogP contribution in [-0.2, 0) is 19.9 Å². The maximum Gasteiger partial charge on any atom is 0.325 e. The molecule has 1 heterocycles. The maximum absolute atomic E-state index is 13.1. The van der Waals surface area contributed by atoms with Crippen molar-refractivity contribution in [3.63, 3.8) is 0 Å². The van der Waals surface area contributed by atoms with Gasteiger partial charge in [0.2, 0.25) is 0 Å². The number of carbonyl (C=O) groups excluding carboxylic acids is 3. The minimum absolute atomic E-state index is 0.258. The van der Waals surface area contributed by atoms with Crippen LogP contribution < -0.4 is 11.1 Å². The first-order valence-corrected chi connectivity index (χ1v) is 9.68. The number of rotatable bonds is 8. The van der Waals surface area contributed by atoms with Crippen LogP contribution in [0.25, 0.3) is 0 Å². The largest absolute Gasteiger partial charge is 0.465 e. The van der Waals surface area contributed by atoms with E-state index < -0.39 is 29.5 Å². The third-order valence-corrected chi connectivity index (χ3v) is 5.07. The number of benzene rings is 2. The van der Waals surface area contributed by atoms with Gasteiger partial charge in [-0.05, 0) is 30.9 Å². The molecule has 3 amide bonds. The van der Waals surface area contributed by atoms with Crippen molar-refractivity contribution in [3.8, 4) is 0 Å². The van der Waals surface area contributed by atoms with Crippen LogP contribution >= 0.6 is 0 Å². The number of ether oxygens (including phenoxy) is 1. The Bertz CT molecular complexity index is 831. The topological polar surface area (TPSA) is 102 Å². The number of amides is 3. The summed E-state index contributed by atoms with van der Waals surface area (Å²) < 4.78 is 4.93. The minimum atomic E-state index is -1.27. The van der Waals surface area contributed by atoms with Gasteiger partial charge in [0.25, 0.3) is 5.91 Å². The van der Waals surface area contributed by atoms with Gasteiger partial charge in [0.15, 0.2) is 5.54 Å². The van der Waals surface area contributed by atoms with E-state index in [1.165, 1.54) is 4.90 Å². The summed E-state index contributed by atoms with van der Waals surface area (Å²) in [5.74, 6) is -0.860. The molecule has 0 saturated carbocycles. The van der Waals surface area contributed by atoms with E-state index in [-0.39, 0.29) is 13.2 Å². The van der Waals surface area contributed by atoms with Crippen molar-refractivity contribution in [3.05, 3.63) is 71.8 Å². The first kappa shape index (κ1) is 20.5. The number of esters is 1. The highest BCUT2D eigenvalue weighted by Crippen LogP contribution is 2.39. The molecule has 3 rings (SSSR count). The van der Waals surface area contributed by atoms with Crippen LogP contribution in [0.4, 0.5) is 4.79 Å². The molecule has 2 aromatic rings. The number of imide groups is 1. The molecule has 1 unspecified atom stereocenters. The lowest BCUT2D eigenvalue weighted by atomic mass is 9.81.